The highest BCUT2D eigenvalue weighted by atomic mass is 16.6. The monoisotopic (exact) mass is 370 g/mol. The van der Waals surface area contributed by atoms with Crippen molar-refractivity contribution >= 4 is 22.7 Å². The zero-order valence-corrected chi connectivity index (χ0v) is 15.4. The third kappa shape index (κ3) is 5.43. The van der Waals surface area contributed by atoms with Crippen LogP contribution < -0.4 is 10.9 Å². The van der Waals surface area contributed by atoms with Crippen molar-refractivity contribution in [3.8, 4) is 0 Å². The maximum Gasteiger partial charge on any atom is 0.375 e. The van der Waals surface area contributed by atoms with Crippen LogP contribution in [0.15, 0.2) is 12.1 Å². The van der Waals surface area contributed by atoms with Crippen LogP contribution in [-0.2, 0) is 0 Å². The van der Waals surface area contributed by atoms with E-state index in [1.807, 2.05) is 0 Å². The van der Waals surface area contributed by atoms with Gasteiger partial charge in [0.1, 0.15) is 12.1 Å². The largest absolute Gasteiger partial charge is 0.375 e. The fraction of sp³-hybridized carbons (Fsp3) is 0.571. The van der Waals surface area contributed by atoms with Crippen molar-refractivity contribution in [1.82, 2.24) is 10.9 Å². The number of nitrogens with zero attached hydrogens (tertiary/aromatic N) is 4. The van der Waals surface area contributed by atoms with Gasteiger partial charge in [-0.3, -0.25) is 20.2 Å². The highest BCUT2D eigenvalue weighted by Crippen LogP contribution is 2.38. The molecule has 0 unspecified atom stereocenters. The lowest BCUT2D eigenvalue weighted by atomic mass is 10.1. The Morgan fingerprint density at radius 2 is 0.923 bits per heavy atom. The van der Waals surface area contributed by atoms with Gasteiger partial charge < -0.3 is 0 Å². The molecular formula is C14H22N6O6+2. The fourth-order valence-corrected chi connectivity index (χ4v) is 1.90. The molecule has 1 rings (SSSR count). The zero-order valence-electron chi connectivity index (χ0n) is 15.4. The van der Waals surface area contributed by atoms with E-state index >= 15 is 0 Å². The van der Waals surface area contributed by atoms with Gasteiger partial charge in [0.15, 0.2) is 9.74 Å². The van der Waals surface area contributed by atoms with Crippen molar-refractivity contribution in [3.63, 3.8) is 0 Å². The van der Waals surface area contributed by atoms with Gasteiger partial charge in [0.25, 0.3) is 0 Å². The minimum absolute atomic E-state index is 0.121. The summed E-state index contributed by atoms with van der Waals surface area (Å²) in [5, 5.41) is 22.5. The first kappa shape index (κ1) is 20.9. The number of hydrogen-bond acceptors (Lipinski definition) is 6. The molecule has 1 aromatic carbocycles. The summed E-state index contributed by atoms with van der Waals surface area (Å²) in [7, 11) is 0. The molecule has 2 N–H and O–H groups in total. The molecule has 0 aromatic heterocycles. The van der Waals surface area contributed by atoms with E-state index in [4.69, 9.17) is 0 Å². The van der Waals surface area contributed by atoms with E-state index in [0.717, 1.165) is 6.07 Å². The summed E-state index contributed by atoms with van der Waals surface area (Å²) in [6.07, 6.45) is 0. The molecule has 0 aliphatic rings. The van der Waals surface area contributed by atoms with Crippen LogP contribution in [0.3, 0.4) is 0 Å². The number of hydrogen-bond donors (Lipinski definition) is 2. The van der Waals surface area contributed by atoms with Crippen molar-refractivity contribution < 1.29 is 19.6 Å². The molecule has 12 nitrogen and oxygen atoms in total. The lowest BCUT2D eigenvalue weighted by molar-refractivity contribution is -0.556. The average Bonchev–Trinajstić information content (AvgIpc) is 2.41. The van der Waals surface area contributed by atoms with E-state index in [9.17, 15) is 30.0 Å². The molecule has 0 radical (unpaired) electrons. The molecule has 0 saturated carbocycles. The van der Waals surface area contributed by atoms with Crippen molar-refractivity contribution in [2.45, 2.75) is 52.6 Å². The zero-order chi connectivity index (χ0) is 20.4. The van der Waals surface area contributed by atoms with E-state index < -0.39 is 43.7 Å². The van der Waals surface area contributed by atoms with Crippen molar-refractivity contribution in [1.29, 1.82) is 0 Å². The number of nitrogens with one attached hydrogen (secondary N) is 2. The molecule has 12 heteroatoms. The molecule has 26 heavy (non-hydrogen) atoms. The maximum atomic E-state index is 12.3. The molecule has 0 aliphatic heterocycles. The van der Waals surface area contributed by atoms with Crippen LogP contribution in [0.5, 0.6) is 0 Å². The highest BCUT2D eigenvalue weighted by Gasteiger charge is 2.42. The Bertz CT molecular complexity index is 716. The van der Waals surface area contributed by atoms with Crippen LogP contribution in [0, 0.1) is 30.0 Å². The average molecular weight is 370 g/mol. The number of hydrazine groups is 2. The third-order valence-corrected chi connectivity index (χ3v) is 2.78. The molecule has 1 aromatic rings. The molecule has 0 heterocycles. The van der Waals surface area contributed by atoms with Crippen molar-refractivity contribution in [2.75, 3.05) is 0 Å². The Labute approximate surface area is 149 Å². The van der Waals surface area contributed by atoms with E-state index in [1.54, 1.807) is 41.5 Å². The minimum Gasteiger partial charge on any atom is -0.258 e. The second-order valence-electron chi connectivity index (χ2n) is 7.66. The third-order valence-electron chi connectivity index (χ3n) is 2.78. The number of nitro groups is 2. The van der Waals surface area contributed by atoms with Gasteiger partial charge in [-0.1, -0.05) is 0 Å². The summed E-state index contributed by atoms with van der Waals surface area (Å²) in [5.74, 6) is 0. The molecule has 0 amide bonds. The summed E-state index contributed by atoms with van der Waals surface area (Å²) < 4.78 is 0. The van der Waals surface area contributed by atoms with Crippen LogP contribution in [0.25, 0.3) is 0 Å². The van der Waals surface area contributed by atoms with Gasteiger partial charge in [-0.2, -0.15) is 0 Å². The quantitative estimate of drug-likeness (QED) is 0.440. The first-order chi connectivity index (χ1) is 11.6. The van der Waals surface area contributed by atoms with Crippen molar-refractivity contribution in [2.24, 2.45) is 0 Å². The lowest BCUT2D eigenvalue weighted by Crippen LogP contribution is -2.41. The predicted molar refractivity (Wildman–Crippen MR) is 92.1 cm³/mol. The second kappa shape index (κ2) is 6.98. The van der Waals surface area contributed by atoms with E-state index in [1.165, 1.54) is 0 Å². The SMILES string of the molecule is CC(C)(C)N[N+](=O)c1cc([N+](=O)NC(C)(C)C)c([N+](=O)[O-])cc1[N+](=O)[O-]. The van der Waals surface area contributed by atoms with Gasteiger partial charge in [-0.05, 0) is 41.5 Å². The van der Waals surface area contributed by atoms with Gasteiger partial charge in [-0.15, -0.1) is 10.9 Å². The van der Waals surface area contributed by atoms with E-state index in [2.05, 4.69) is 10.9 Å². The molecule has 0 saturated heterocycles. The Hall–Kier alpha value is -3.18. The predicted octanol–water partition coefficient (Wildman–Crippen LogP) is 2.93. The normalized spacial score (nSPS) is 11.6. The number of nitroso groups, excluding NO2 is 2. The fourth-order valence-electron chi connectivity index (χ4n) is 1.90. The van der Waals surface area contributed by atoms with Gasteiger partial charge in [-0.25, -0.2) is 0 Å². The number of nitro benzene ring substituents is 2. The Balaban J connectivity index is 3.61. The second-order valence-corrected chi connectivity index (χ2v) is 7.66. The van der Waals surface area contributed by atoms with Crippen LogP contribution in [0.1, 0.15) is 41.5 Å². The number of rotatable bonds is 6. The summed E-state index contributed by atoms with van der Waals surface area (Å²) in [6.45, 7) is 9.90. The maximum absolute atomic E-state index is 12.3. The van der Waals surface area contributed by atoms with Gasteiger partial charge in [0, 0.05) is 0 Å². The molecule has 0 spiro atoms. The summed E-state index contributed by atoms with van der Waals surface area (Å²) in [4.78, 5) is 45.5. The standard InChI is InChI=1S/C14H22N6O6/c1-13(2,3)15-17(21)9-7-10(18(22)16-14(4,5)6)12(20(25)26)8-11(9)19(23)24/h7-8H,1-6H3,(H,15,21)(H,16,22)/q+2. The van der Waals surface area contributed by atoms with Crippen LogP contribution in [0.2, 0.25) is 0 Å². The summed E-state index contributed by atoms with van der Waals surface area (Å²) in [6, 6.07) is 1.41. The molecular weight excluding hydrogens is 348 g/mol. The first-order valence-corrected chi connectivity index (χ1v) is 7.59. The Morgan fingerprint density at radius 3 is 1.15 bits per heavy atom. The van der Waals surface area contributed by atoms with E-state index in [-0.39, 0.29) is 9.74 Å². The molecule has 0 fully saturated rings. The first-order valence-electron chi connectivity index (χ1n) is 7.59. The van der Waals surface area contributed by atoms with Gasteiger partial charge in [0.05, 0.1) is 30.7 Å². The molecule has 0 atom stereocenters. The Morgan fingerprint density at radius 1 is 0.654 bits per heavy atom. The topological polar surface area (TPSA) is 151 Å². The molecule has 0 aliphatic carbocycles. The van der Waals surface area contributed by atoms with Crippen LogP contribution in [0.4, 0.5) is 22.7 Å². The Kier molecular flexibility index (Phi) is 5.60. The van der Waals surface area contributed by atoms with E-state index in [0.29, 0.717) is 6.07 Å². The lowest BCUT2D eigenvalue weighted by Gasteiger charge is -2.14. The van der Waals surface area contributed by atoms with Gasteiger partial charge in [0.2, 0.25) is 0 Å². The van der Waals surface area contributed by atoms with Crippen LogP contribution >= 0.6 is 0 Å². The minimum atomic E-state index is -0.923. The van der Waals surface area contributed by atoms with Gasteiger partial charge >= 0.3 is 22.7 Å². The van der Waals surface area contributed by atoms with Crippen LogP contribution in [-0.4, -0.2) is 30.7 Å². The molecule has 142 valence electrons. The summed E-state index contributed by atoms with van der Waals surface area (Å²) >= 11 is 0. The summed E-state index contributed by atoms with van der Waals surface area (Å²) in [5.41, 5.74) is 0.795. The highest BCUT2D eigenvalue weighted by molar-refractivity contribution is 5.67. The molecule has 0 bridgehead atoms. The smallest absolute Gasteiger partial charge is 0.258 e. The van der Waals surface area contributed by atoms with Crippen molar-refractivity contribution in [3.05, 3.63) is 42.2 Å². The number of benzene rings is 1.